The van der Waals surface area contributed by atoms with Crippen molar-refractivity contribution in [2.75, 3.05) is 0 Å². The Hall–Kier alpha value is -18.5. The van der Waals surface area contributed by atoms with E-state index in [0.29, 0.717) is 0 Å². The molecule has 0 bridgehead atoms. The van der Waals surface area contributed by atoms with Crippen LogP contribution in [-0.2, 0) is 10.8 Å². The zero-order valence-corrected chi connectivity index (χ0v) is 81.6. The van der Waals surface area contributed by atoms with Crippen molar-refractivity contribution in [2.24, 2.45) is 0 Å². The molecule has 0 unspecified atom stereocenters. The molecule has 9 aromatic heterocycles. The highest BCUT2D eigenvalue weighted by atomic mass is 32.1. The number of rotatable bonds is 8. The molecule has 33 rings (SSSR count). The van der Waals surface area contributed by atoms with Crippen molar-refractivity contribution in [3.8, 4) is 84.1 Å². The number of hydrogen-bond donors (Lipinski definition) is 0. The molecular weight excluding hydrogens is 1810 g/mol. The molecular formula is C138H89N5O3S. The minimum atomic E-state index is -0.194. The molecule has 0 saturated heterocycles. The summed E-state index contributed by atoms with van der Waals surface area (Å²) in [6.07, 6.45) is 0. The highest BCUT2D eigenvalue weighted by Crippen LogP contribution is 2.58. The third-order valence-electron chi connectivity index (χ3n) is 32.2. The molecule has 0 N–H and O–H groups in total. The van der Waals surface area contributed by atoms with Crippen LogP contribution in [0.4, 0.5) is 0 Å². The number of thiophene rings is 1. The van der Waals surface area contributed by atoms with Gasteiger partial charge >= 0.3 is 0 Å². The van der Waals surface area contributed by atoms with Gasteiger partial charge in [0.2, 0.25) is 0 Å². The smallest absolute Gasteiger partial charge is 0.159 e. The van der Waals surface area contributed by atoms with Crippen LogP contribution in [0.25, 0.3) is 279 Å². The maximum absolute atomic E-state index is 6.72. The van der Waals surface area contributed by atoms with Gasteiger partial charge in [-0.05, 0) is 218 Å². The molecule has 2 aliphatic rings. The summed E-state index contributed by atoms with van der Waals surface area (Å²) in [6, 6.07) is 170. The van der Waals surface area contributed by atoms with Crippen LogP contribution in [0.2, 0.25) is 0 Å². The fraction of sp³-hybridized carbons (Fsp3) is 0.0435. The molecule has 2 aliphatic carbocycles. The van der Waals surface area contributed by atoms with Crippen LogP contribution >= 0.6 is 11.3 Å². The molecule has 0 radical (unpaired) electrons. The van der Waals surface area contributed by atoms with E-state index in [1.54, 1.807) is 0 Å². The van der Waals surface area contributed by atoms with E-state index in [4.69, 9.17) is 13.3 Å². The van der Waals surface area contributed by atoms with Gasteiger partial charge in [0.25, 0.3) is 0 Å². The largest absolute Gasteiger partial charge is 0.455 e. The number of para-hydroxylation sites is 11. The van der Waals surface area contributed by atoms with E-state index in [1.807, 2.05) is 29.5 Å². The van der Waals surface area contributed by atoms with Gasteiger partial charge in [-0.25, -0.2) is 0 Å². The Balaban J connectivity index is 0.000000104. The van der Waals surface area contributed by atoms with Crippen molar-refractivity contribution >= 4 is 206 Å². The van der Waals surface area contributed by atoms with E-state index in [1.165, 1.54) is 207 Å². The molecule has 0 saturated carbocycles. The third-order valence-corrected chi connectivity index (χ3v) is 33.4. The summed E-state index contributed by atoms with van der Waals surface area (Å²) in [7, 11) is 0. The standard InChI is InChI=1S/C57H38N2O.C51H34N2O.C30H17NOS/c1-57(2)49-20-9-6-15-41(49)44-29-30-45-48-34-37(36-25-31-51-47(33-36)42-16-7-10-21-50(42)58(51)38-13-4-3-5-14-38)26-32-52(48)59(55(45)54(44)57)39-27-23-35(24-28-39)40-18-12-19-46-43-17-8-11-22-53(43)60-56(40)46;1-51(2)42-19-9-6-15-34(42)37-25-26-38-41-30-32(31-23-27-44-40(29-31)35-16-7-10-20-43(35)52(44)33-13-4-3-5-14-33)24-28-45(41)53(49(38)48(37)51)46-21-12-18-39-36-17-8-11-22-47(36)54-50(39)46;1-4-12-23-22(10-1)28-24(17-16-21-19-9-3-6-15-27(19)33-30(21)28)31(23)25-13-7-11-20-18-8-2-5-14-26(18)32-29(20)25/h3-34H,1-2H3;3-30H,1-2H3;1-17H. The summed E-state index contributed by atoms with van der Waals surface area (Å²) in [5.74, 6) is 0. The second-order valence-electron chi connectivity index (χ2n) is 40.7. The van der Waals surface area contributed by atoms with Crippen LogP contribution in [0.3, 0.4) is 0 Å². The average molecular weight is 1900 g/mol. The van der Waals surface area contributed by atoms with Gasteiger partial charge < -0.3 is 36.1 Å². The van der Waals surface area contributed by atoms with Gasteiger partial charge in [-0.2, -0.15) is 0 Å². The summed E-state index contributed by atoms with van der Waals surface area (Å²) in [5.41, 5.74) is 40.7. The van der Waals surface area contributed by atoms with Crippen molar-refractivity contribution in [3.63, 3.8) is 0 Å². The number of aromatic nitrogens is 5. The van der Waals surface area contributed by atoms with Gasteiger partial charge in [-0.1, -0.05) is 349 Å². The van der Waals surface area contributed by atoms with Crippen molar-refractivity contribution in [1.82, 2.24) is 22.8 Å². The van der Waals surface area contributed by atoms with E-state index in [9.17, 15) is 0 Å². The fourth-order valence-electron chi connectivity index (χ4n) is 25.7. The van der Waals surface area contributed by atoms with Crippen molar-refractivity contribution in [3.05, 3.63) is 489 Å². The average Bonchev–Trinajstić information content (AvgIpc) is 1.52. The van der Waals surface area contributed by atoms with E-state index < -0.39 is 0 Å². The number of hydrogen-bond acceptors (Lipinski definition) is 4. The molecule has 8 nitrogen and oxygen atoms in total. The molecule has 9 heterocycles. The van der Waals surface area contributed by atoms with Gasteiger partial charge in [0, 0.05) is 140 Å². The SMILES string of the molecule is CC1(C)c2ccccc2-c2ccc3c4cc(-c5ccc6c(c5)c5ccccc5n6-c5ccccc5)ccc4n(-c4ccc(-c5cccc6c5oc5ccccc56)cc4)c3c21.CC1(C)c2ccccc2-c2ccc3c4cc(-c5ccc6c(c5)c5ccccc5n6-c5ccccc5)ccc4n(-c4cccc5c4oc4ccccc45)c3c21.c1ccc2c(c1)oc1c(-n3c4ccccc4c4c5sc6ccccc6c5ccc43)cccc12. The maximum atomic E-state index is 6.72. The van der Waals surface area contributed by atoms with Crippen LogP contribution in [0.5, 0.6) is 0 Å². The molecule has 690 valence electrons. The molecule has 9 heteroatoms. The fourth-order valence-corrected chi connectivity index (χ4v) is 27.0. The summed E-state index contributed by atoms with van der Waals surface area (Å²) in [4.78, 5) is 0. The number of furan rings is 3. The Morgan fingerprint density at radius 1 is 0.197 bits per heavy atom. The van der Waals surface area contributed by atoms with Crippen LogP contribution in [-0.4, -0.2) is 22.8 Å². The van der Waals surface area contributed by atoms with Gasteiger partial charge in [-0.3, -0.25) is 0 Å². The first-order valence-corrected chi connectivity index (χ1v) is 51.6. The zero-order valence-electron chi connectivity index (χ0n) is 80.8. The number of benzene rings is 22. The molecule has 31 aromatic rings. The van der Waals surface area contributed by atoms with E-state index in [0.717, 1.165) is 94.0 Å². The summed E-state index contributed by atoms with van der Waals surface area (Å²) in [5, 5.41) is 22.1. The molecule has 147 heavy (non-hydrogen) atoms. The molecule has 0 fully saturated rings. The summed E-state index contributed by atoms with van der Waals surface area (Å²) >= 11 is 1.89. The lowest BCUT2D eigenvalue weighted by Gasteiger charge is -2.23. The molecule has 0 spiro atoms. The summed E-state index contributed by atoms with van der Waals surface area (Å²) in [6.45, 7) is 9.55. The minimum absolute atomic E-state index is 0.185. The van der Waals surface area contributed by atoms with E-state index >= 15 is 0 Å². The predicted octanol–water partition coefficient (Wildman–Crippen LogP) is 38.2. The van der Waals surface area contributed by atoms with Gasteiger partial charge in [0.15, 0.2) is 11.2 Å². The van der Waals surface area contributed by atoms with E-state index in [2.05, 4.69) is 499 Å². The third kappa shape index (κ3) is 12.1. The first-order chi connectivity index (χ1) is 72.5. The normalized spacial score (nSPS) is 13.1. The molecule has 0 aliphatic heterocycles. The van der Waals surface area contributed by atoms with Crippen LogP contribution in [0, 0.1) is 0 Å². The number of fused-ring (bicyclic) bond motifs is 36. The quantitative estimate of drug-likeness (QED) is 0.152. The Kier molecular flexibility index (Phi) is 17.8. The molecule has 22 aromatic carbocycles. The maximum Gasteiger partial charge on any atom is 0.159 e. The Morgan fingerprint density at radius 3 is 1.05 bits per heavy atom. The first kappa shape index (κ1) is 83.1. The first-order valence-electron chi connectivity index (χ1n) is 50.7. The lowest BCUT2D eigenvalue weighted by atomic mass is 9.81. The molecule has 0 atom stereocenters. The topological polar surface area (TPSA) is 64.1 Å². The van der Waals surface area contributed by atoms with E-state index in [-0.39, 0.29) is 10.8 Å². The Bertz CT molecular complexity index is 11100. The van der Waals surface area contributed by atoms with Crippen molar-refractivity contribution in [2.45, 2.75) is 38.5 Å². The van der Waals surface area contributed by atoms with Gasteiger partial charge in [-0.15, -0.1) is 11.3 Å². The molecule has 0 amide bonds. The predicted molar refractivity (Wildman–Crippen MR) is 617 cm³/mol. The van der Waals surface area contributed by atoms with Gasteiger partial charge in [0.05, 0.1) is 66.5 Å². The summed E-state index contributed by atoms with van der Waals surface area (Å²) < 4.78 is 34.4. The Morgan fingerprint density at radius 2 is 0.537 bits per heavy atom. The lowest BCUT2D eigenvalue weighted by molar-refractivity contribution is 0.660. The highest BCUT2D eigenvalue weighted by Gasteiger charge is 2.41. The van der Waals surface area contributed by atoms with Crippen LogP contribution < -0.4 is 0 Å². The number of nitrogens with zero attached hydrogens (tertiary/aromatic N) is 5. The van der Waals surface area contributed by atoms with Gasteiger partial charge in [0.1, 0.15) is 22.3 Å². The second kappa shape index (κ2) is 31.5. The van der Waals surface area contributed by atoms with Crippen LogP contribution in [0.15, 0.2) is 480 Å². The minimum Gasteiger partial charge on any atom is -0.455 e. The highest BCUT2D eigenvalue weighted by molar-refractivity contribution is 7.26. The van der Waals surface area contributed by atoms with Crippen LogP contribution in [0.1, 0.15) is 49.9 Å². The van der Waals surface area contributed by atoms with Crippen molar-refractivity contribution < 1.29 is 13.3 Å². The second-order valence-corrected chi connectivity index (χ2v) is 41.8. The Labute approximate surface area is 848 Å². The lowest BCUT2D eigenvalue weighted by Crippen LogP contribution is -2.16. The monoisotopic (exact) mass is 1900 g/mol. The zero-order chi connectivity index (χ0) is 96.9. The van der Waals surface area contributed by atoms with Crippen molar-refractivity contribution in [1.29, 1.82) is 0 Å².